The number of nitrogens with zero attached hydrogens (tertiary/aromatic N) is 2. The van der Waals surface area contributed by atoms with Crippen molar-refractivity contribution in [1.29, 1.82) is 0 Å². The molecule has 0 spiro atoms. The van der Waals surface area contributed by atoms with Crippen LogP contribution in [0.3, 0.4) is 0 Å². The van der Waals surface area contributed by atoms with E-state index in [1.165, 1.54) is 24.8 Å². The van der Waals surface area contributed by atoms with Crippen molar-refractivity contribution in [2.75, 3.05) is 33.2 Å². The molecule has 0 aromatic heterocycles. The van der Waals surface area contributed by atoms with Crippen LogP contribution in [0.15, 0.2) is 30.3 Å². The minimum Gasteiger partial charge on any atom is -0.338 e. The molecule has 1 aromatic carbocycles. The molecule has 0 aliphatic carbocycles. The Kier molecular flexibility index (Phi) is 6.72. The van der Waals surface area contributed by atoms with Gasteiger partial charge in [-0.3, -0.25) is 0 Å². The maximum absolute atomic E-state index is 12.5. The van der Waals surface area contributed by atoms with Crippen LogP contribution in [0.25, 0.3) is 0 Å². The van der Waals surface area contributed by atoms with Gasteiger partial charge < -0.3 is 15.1 Å². The van der Waals surface area contributed by atoms with Crippen molar-refractivity contribution in [2.45, 2.75) is 38.6 Å². The topological polar surface area (TPSA) is 35.6 Å². The molecule has 4 nitrogen and oxygen atoms in total. The third-order valence-electron chi connectivity index (χ3n) is 4.34. The average Bonchev–Trinajstić information content (AvgIpc) is 2.55. The molecule has 1 aliphatic heterocycles. The molecule has 0 saturated carbocycles. The summed E-state index contributed by atoms with van der Waals surface area (Å²) < 4.78 is 0. The van der Waals surface area contributed by atoms with Gasteiger partial charge in [0.15, 0.2) is 0 Å². The molecule has 2 rings (SSSR count). The van der Waals surface area contributed by atoms with Crippen LogP contribution in [-0.2, 0) is 0 Å². The van der Waals surface area contributed by atoms with E-state index in [0.717, 1.165) is 32.6 Å². The van der Waals surface area contributed by atoms with E-state index in [1.54, 1.807) is 0 Å². The van der Waals surface area contributed by atoms with E-state index in [1.807, 2.05) is 23.1 Å². The number of urea groups is 1. The van der Waals surface area contributed by atoms with E-state index < -0.39 is 0 Å². The molecule has 22 heavy (non-hydrogen) atoms. The second kappa shape index (κ2) is 8.79. The minimum absolute atomic E-state index is 0.0819. The number of nitrogens with one attached hydrogen (secondary N) is 1. The summed E-state index contributed by atoms with van der Waals surface area (Å²) >= 11 is 0. The monoisotopic (exact) mass is 303 g/mol. The Morgan fingerprint density at radius 2 is 1.95 bits per heavy atom. The molecule has 1 N–H and O–H groups in total. The molecule has 1 unspecified atom stereocenters. The molecule has 0 bridgehead atoms. The highest BCUT2D eigenvalue weighted by Gasteiger charge is 2.29. The number of carbonyl (C=O) groups is 1. The number of benzene rings is 1. The number of rotatable bonds is 6. The lowest BCUT2D eigenvalue weighted by atomic mass is 10.0. The van der Waals surface area contributed by atoms with Crippen LogP contribution in [0.2, 0.25) is 0 Å². The quantitative estimate of drug-likeness (QED) is 0.819. The maximum atomic E-state index is 12.5. The van der Waals surface area contributed by atoms with Gasteiger partial charge in [-0.05, 0) is 19.0 Å². The molecule has 1 aromatic rings. The second-order valence-electron chi connectivity index (χ2n) is 6.17. The first-order valence-corrected chi connectivity index (χ1v) is 8.50. The summed E-state index contributed by atoms with van der Waals surface area (Å²) in [5.41, 5.74) is 1.22. The maximum Gasteiger partial charge on any atom is 0.318 e. The van der Waals surface area contributed by atoms with Gasteiger partial charge in [-0.15, -0.1) is 0 Å². The molecule has 1 heterocycles. The van der Waals surface area contributed by atoms with Gasteiger partial charge in [0.2, 0.25) is 0 Å². The Bertz CT molecular complexity index is 449. The van der Waals surface area contributed by atoms with Gasteiger partial charge in [0.05, 0.1) is 6.04 Å². The summed E-state index contributed by atoms with van der Waals surface area (Å²) in [6, 6.07) is 10.6. The summed E-state index contributed by atoms with van der Waals surface area (Å²) in [7, 11) is 2.12. The van der Waals surface area contributed by atoms with Crippen molar-refractivity contribution in [3.8, 4) is 0 Å². The standard InChI is InChI=1S/C18H29N3O/c1-3-4-5-9-12-19-18(22)21-14-13-20(2)15-17(21)16-10-7-6-8-11-16/h6-8,10-11,17H,3-5,9,12-15H2,1-2H3,(H,19,22). The highest BCUT2D eigenvalue weighted by Crippen LogP contribution is 2.24. The van der Waals surface area contributed by atoms with E-state index >= 15 is 0 Å². The van der Waals surface area contributed by atoms with Gasteiger partial charge in [-0.2, -0.15) is 0 Å². The minimum atomic E-state index is 0.0819. The number of piperazine rings is 1. The SMILES string of the molecule is CCCCCCNC(=O)N1CCN(C)CC1c1ccccc1. The predicted octanol–water partition coefficient (Wildman–Crippen LogP) is 3.27. The third-order valence-corrected chi connectivity index (χ3v) is 4.34. The van der Waals surface area contributed by atoms with Crippen LogP contribution >= 0.6 is 0 Å². The van der Waals surface area contributed by atoms with Gasteiger partial charge in [0.25, 0.3) is 0 Å². The highest BCUT2D eigenvalue weighted by molar-refractivity contribution is 5.75. The molecule has 2 amide bonds. The van der Waals surface area contributed by atoms with Gasteiger partial charge >= 0.3 is 6.03 Å². The first-order chi connectivity index (χ1) is 10.7. The van der Waals surface area contributed by atoms with Crippen LogP contribution in [0.4, 0.5) is 4.79 Å². The number of amides is 2. The van der Waals surface area contributed by atoms with Gasteiger partial charge in [0, 0.05) is 26.2 Å². The van der Waals surface area contributed by atoms with Crippen molar-refractivity contribution < 1.29 is 4.79 Å². The number of hydrogen-bond acceptors (Lipinski definition) is 2. The highest BCUT2D eigenvalue weighted by atomic mass is 16.2. The lowest BCUT2D eigenvalue weighted by molar-refractivity contribution is 0.109. The Labute approximate surface area is 134 Å². The van der Waals surface area contributed by atoms with Crippen LogP contribution in [0.1, 0.15) is 44.2 Å². The lowest BCUT2D eigenvalue weighted by Gasteiger charge is -2.40. The Hall–Kier alpha value is -1.55. The normalized spacial score (nSPS) is 19.2. The molecule has 1 aliphatic rings. The zero-order valence-corrected chi connectivity index (χ0v) is 13.9. The third kappa shape index (κ3) is 4.73. The number of likely N-dealkylation sites (N-methyl/N-ethyl adjacent to an activating group) is 1. The largest absolute Gasteiger partial charge is 0.338 e. The summed E-state index contributed by atoms with van der Waals surface area (Å²) in [5.74, 6) is 0. The summed E-state index contributed by atoms with van der Waals surface area (Å²) in [6.45, 7) is 5.61. The Balaban J connectivity index is 1.93. The molecular formula is C18H29N3O. The molecular weight excluding hydrogens is 274 g/mol. The number of carbonyl (C=O) groups excluding carboxylic acids is 1. The van der Waals surface area contributed by atoms with Crippen LogP contribution in [0, 0.1) is 0 Å². The van der Waals surface area contributed by atoms with E-state index in [9.17, 15) is 4.79 Å². The predicted molar refractivity (Wildman–Crippen MR) is 90.9 cm³/mol. The fourth-order valence-electron chi connectivity index (χ4n) is 2.97. The number of unbranched alkanes of at least 4 members (excludes halogenated alkanes) is 3. The van der Waals surface area contributed by atoms with E-state index in [-0.39, 0.29) is 12.1 Å². The second-order valence-corrected chi connectivity index (χ2v) is 6.17. The smallest absolute Gasteiger partial charge is 0.318 e. The van der Waals surface area contributed by atoms with Gasteiger partial charge in [-0.1, -0.05) is 56.5 Å². The first kappa shape index (κ1) is 16.8. The van der Waals surface area contributed by atoms with E-state index in [2.05, 4.69) is 36.3 Å². The fourth-order valence-corrected chi connectivity index (χ4v) is 2.97. The van der Waals surface area contributed by atoms with Gasteiger partial charge in [-0.25, -0.2) is 4.79 Å². The Morgan fingerprint density at radius 1 is 1.18 bits per heavy atom. The van der Waals surface area contributed by atoms with Crippen LogP contribution < -0.4 is 5.32 Å². The summed E-state index contributed by atoms with van der Waals surface area (Å²) in [5, 5.41) is 3.09. The molecule has 1 atom stereocenters. The van der Waals surface area contributed by atoms with Crippen LogP contribution in [-0.4, -0.2) is 49.1 Å². The van der Waals surface area contributed by atoms with Crippen molar-refractivity contribution in [3.63, 3.8) is 0 Å². The van der Waals surface area contributed by atoms with E-state index in [4.69, 9.17) is 0 Å². The fraction of sp³-hybridized carbons (Fsp3) is 0.611. The number of hydrogen-bond donors (Lipinski definition) is 1. The molecule has 1 saturated heterocycles. The van der Waals surface area contributed by atoms with Gasteiger partial charge in [0.1, 0.15) is 0 Å². The zero-order chi connectivity index (χ0) is 15.8. The van der Waals surface area contributed by atoms with Crippen LogP contribution in [0.5, 0.6) is 0 Å². The van der Waals surface area contributed by atoms with Crippen molar-refractivity contribution in [2.24, 2.45) is 0 Å². The Morgan fingerprint density at radius 3 is 2.68 bits per heavy atom. The average molecular weight is 303 g/mol. The van der Waals surface area contributed by atoms with E-state index in [0.29, 0.717) is 0 Å². The molecule has 4 heteroatoms. The van der Waals surface area contributed by atoms with Crippen molar-refractivity contribution >= 4 is 6.03 Å². The lowest BCUT2D eigenvalue weighted by Crippen LogP contribution is -2.52. The molecule has 122 valence electrons. The van der Waals surface area contributed by atoms with Crippen molar-refractivity contribution in [3.05, 3.63) is 35.9 Å². The van der Waals surface area contributed by atoms with Crippen molar-refractivity contribution in [1.82, 2.24) is 15.1 Å². The summed E-state index contributed by atoms with van der Waals surface area (Å²) in [6.07, 6.45) is 4.74. The summed E-state index contributed by atoms with van der Waals surface area (Å²) in [4.78, 5) is 16.8. The zero-order valence-electron chi connectivity index (χ0n) is 13.9. The first-order valence-electron chi connectivity index (χ1n) is 8.50. The molecule has 0 radical (unpaired) electrons. The molecule has 1 fully saturated rings.